The summed E-state index contributed by atoms with van der Waals surface area (Å²) in [7, 11) is 0. The van der Waals surface area contributed by atoms with Crippen LogP contribution in [0.2, 0.25) is 0 Å². The zero-order valence-electron chi connectivity index (χ0n) is 13.4. The number of aryl methyl sites for hydroxylation is 2. The molecule has 0 amide bonds. The smallest absolute Gasteiger partial charge is 0.122 e. The van der Waals surface area contributed by atoms with E-state index in [9.17, 15) is 0 Å². The standard InChI is InChI=1S/C17H29NO2/c1-5-19-10-7-6-8-18-9-11-20-17-13-14(2)12-15(3)16(17)4/h12-13,18H,5-11H2,1-4H3. The molecule has 0 aliphatic rings. The molecule has 1 aromatic rings. The molecule has 1 N–H and O–H groups in total. The molecule has 0 aliphatic heterocycles. The van der Waals surface area contributed by atoms with Crippen LogP contribution in [0.15, 0.2) is 12.1 Å². The zero-order valence-corrected chi connectivity index (χ0v) is 13.4. The van der Waals surface area contributed by atoms with Crippen molar-refractivity contribution in [2.24, 2.45) is 0 Å². The predicted octanol–water partition coefficient (Wildman–Crippen LogP) is 3.40. The second kappa shape index (κ2) is 9.78. The van der Waals surface area contributed by atoms with E-state index in [2.05, 4.69) is 38.2 Å². The second-order valence-corrected chi connectivity index (χ2v) is 5.21. The first-order valence-electron chi connectivity index (χ1n) is 7.64. The average Bonchev–Trinajstić information content (AvgIpc) is 2.42. The van der Waals surface area contributed by atoms with Crippen molar-refractivity contribution in [3.8, 4) is 5.75 Å². The van der Waals surface area contributed by atoms with Gasteiger partial charge in [0.25, 0.3) is 0 Å². The molecular formula is C17H29NO2. The van der Waals surface area contributed by atoms with Gasteiger partial charge in [-0.2, -0.15) is 0 Å². The van der Waals surface area contributed by atoms with Crippen molar-refractivity contribution in [3.63, 3.8) is 0 Å². The monoisotopic (exact) mass is 279 g/mol. The van der Waals surface area contributed by atoms with E-state index in [1.807, 2.05) is 6.92 Å². The van der Waals surface area contributed by atoms with Gasteiger partial charge in [-0.3, -0.25) is 0 Å². The third-order valence-electron chi connectivity index (χ3n) is 3.40. The Labute approximate surface area is 123 Å². The number of unbranched alkanes of at least 4 members (excludes halogenated alkanes) is 1. The number of rotatable bonds is 10. The first kappa shape index (κ1) is 17.0. The molecule has 0 aromatic heterocycles. The summed E-state index contributed by atoms with van der Waals surface area (Å²) in [5, 5.41) is 3.40. The Balaban J connectivity index is 2.13. The van der Waals surface area contributed by atoms with Gasteiger partial charge < -0.3 is 14.8 Å². The van der Waals surface area contributed by atoms with Gasteiger partial charge in [0.15, 0.2) is 0 Å². The van der Waals surface area contributed by atoms with E-state index < -0.39 is 0 Å². The molecule has 0 fully saturated rings. The summed E-state index contributed by atoms with van der Waals surface area (Å²) in [4.78, 5) is 0. The average molecular weight is 279 g/mol. The highest BCUT2D eigenvalue weighted by Crippen LogP contribution is 2.22. The predicted molar refractivity (Wildman–Crippen MR) is 84.7 cm³/mol. The fraction of sp³-hybridized carbons (Fsp3) is 0.647. The molecule has 0 atom stereocenters. The molecule has 0 unspecified atom stereocenters. The lowest BCUT2D eigenvalue weighted by Crippen LogP contribution is -2.22. The molecule has 0 bridgehead atoms. The minimum Gasteiger partial charge on any atom is -0.492 e. The summed E-state index contributed by atoms with van der Waals surface area (Å²) in [6.07, 6.45) is 2.28. The van der Waals surface area contributed by atoms with Crippen LogP contribution in [0.5, 0.6) is 5.75 Å². The van der Waals surface area contributed by atoms with Crippen LogP contribution in [0, 0.1) is 20.8 Å². The molecule has 0 saturated heterocycles. The minimum absolute atomic E-state index is 0.717. The third-order valence-corrected chi connectivity index (χ3v) is 3.40. The summed E-state index contributed by atoms with van der Waals surface area (Å²) < 4.78 is 11.2. The Morgan fingerprint density at radius 3 is 2.55 bits per heavy atom. The lowest BCUT2D eigenvalue weighted by molar-refractivity contribution is 0.143. The maximum absolute atomic E-state index is 5.86. The van der Waals surface area contributed by atoms with E-state index in [0.717, 1.165) is 51.5 Å². The van der Waals surface area contributed by atoms with Gasteiger partial charge in [-0.15, -0.1) is 0 Å². The lowest BCUT2D eigenvalue weighted by Gasteiger charge is -2.12. The van der Waals surface area contributed by atoms with Crippen LogP contribution in [0.25, 0.3) is 0 Å². The second-order valence-electron chi connectivity index (χ2n) is 5.21. The third kappa shape index (κ3) is 6.40. The van der Waals surface area contributed by atoms with Gasteiger partial charge in [0.1, 0.15) is 12.4 Å². The van der Waals surface area contributed by atoms with E-state index in [4.69, 9.17) is 9.47 Å². The Hall–Kier alpha value is -1.06. The topological polar surface area (TPSA) is 30.5 Å². The van der Waals surface area contributed by atoms with Crippen molar-refractivity contribution in [2.75, 3.05) is 32.9 Å². The minimum atomic E-state index is 0.717. The Morgan fingerprint density at radius 1 is 1.00 bits per heavy atom. The summed E-state index contributed by atoms with van der Waals surface area (Å²) in [6.45, 7) is 12.7. The van der Waals surface area contributed by atoms with Gasteiger partial charge in [0, 0.05) is 19.8 Å². The van der Waals surface area contributed by atoms with Gasteiger partial charge in [0.2, 0.25) is 0 Å². The fourth-order valence-corrected chi connectivity index (χ4v) is 2.11. The van der Waals surface area contributed by atoms with E-state index in [1.54, 1.807) is 0 Å². The molecule has 0 spiro atoms. The Kier molecular flexibility index (Phi) is 8.31. The van der Waals surface area contributed by atoms with Gasteiger partial charge in [-0.25, -0.2) is 0 Å². The summed E-state index contributed by atoms with van der Waals surface area (Å²) in [6, 6.07) is 4.31. The van der Waals surface area contributed by atoms with Crippen molar-refractivity contribution in [1.82, 2.24) is 5.32 Å². The molecule has 0 aliphatic carbocycles. The normalized spacial score (nSPS) is 10.8. The number of hydrogen-bond donors (Lipinski definition) is 1. The molecule has 3 nitrogen and oxygen atoms in total. The number of hydrogen-bond acceptors (Lipinski definition) is 3. The molecule has 1 aromatic carbocycles. The highest BCUT2D eigenvalue weighted by molar-refractivity contribution is 5.41. The quantitative estimate of drug-likeness (QED) is 0.666. The number of benzene rings is 1. The number of ether oxygens (including phenoxy) is 2. The van der Waals surface area contributed by atoms with Crippen LogP contribution < -0.4 is 10.1 Å². The molecule has 0 heterocycles. The van der Waals surface area contributed by atoms with Gasteiger partial charge >= 0.3 is 0 Å². The van der Waals surface area contributed by atoms with E-state index in [-0.39, 0.29) is 0 Å². The summed E-state index contributed by atoms with van der Waals surface area (Å²) >= 11 is 0. The van der Waals surface area contributed by atoms with Crippen molar-refractivity contribution in [1.29, 1.82) is 0 Å². The summed E-state index contributed by atoms with van der Waals surface area (Å²) in [5.41, 5.74) is 3.79. The van der Waals surface area contributed by atoms with Crippen LogP contribution in [0.3, 0.4) is 0 Å². The highest BCUT2D eigenvalue weighted by Gasteiger charge is 2.03. The maximum Gasteiger partial charge on any atom is 0.122 e. The SMILES string of the molecule is CCOCCCCNCCOc1cc(C)cc(C)c1C. The van der Waals surface area contributed by atoms with E-state index in [1.165, 1.54) is 16.7 Å². The highest BCUT2D eigenvalue weighted by atomic mass is 16.5. The first-order valence-corrected chi connectivity index (χ1v) is 7.64. The van der Waals surface area contributed by atoms with Gasteiger partial charge in [-0.05, 0) is 69.8 Å². The van der Waals surface area contributed by atoms with E-state index >= 15 is 0 Å². The molecule has 3 heteroatoms. The summed E-state index contributed by atoms with van der Waals surface area (Å²) in [5.74, 6) is 1.01. The van der Waals surface area contributed by atoms with Gasteiger partial charge in [-0.1, -0.05) is 6.07 Å². The van der Waals surface area contributed by atoms with Crippen LogP contribution in [0.1, 0.15) is 36.5 Å². The molecular weight excluding hydrogens is 250 g/mol. The molecule has 0 saturated carbocycles. The fourth-order valence-electron chi connectivity index (χ4n) is 2.11. The van der Waals surface area contributed by atoms with Crippen LogP contribution in [-0.2, 0) is 4.74 Å². The zero-order chi connectivity index (χ0) is 14.8. The van der Waals surface area contributed by atoms with E-state index in [0.29, 0.717) is 0 Å². The molecule has 0 radical (unpaired) electrons. The molecule has 114 valence electrons. The van der Waals surface area contributed by atoms with Crippen LogP contribution in [-0.4, -0.2) is 32.9 Å². The largest absolute Gasteiger partial charge is 0.492 e. The van der Waals surface area contributed by atoms with Crippen molar-refractivity contribution >= 4 is 0 Å². The van der Waals surface area contributed by atoms with Crippen LogP contribution >= 0.6 is 0 Å². The molecule has 20 heavy (non-hydrogen) atoms. The molecule has 1 rings (SSSR count). The van der Waals surface area contributed by atoms with Crippen molar-refractivity contribution in [3.05, 3.63) is 28.8 Å². The van der Waals surface area contributed by atoms with Gasteiger partial charge in [0.05, 0.1) is 0 Å². The lowest BCUT2D eigenvalue weighted by atomic mass is 10.1. The maximum atomic E-state index is 5.86. The van der Waals surface area contributed by atoms with Crippen molar-refractivity contribution < 1.29 is 9.47 Å². The first-order chi connectivity index (χ1) is 9.65. The van der Waals surface area contributed by atoms with Crippen LogP contribution in [0.4, 0.5) is 0 Å². The van der Waals surface area contributed by atoms with Crippen molar-refractivity contribution in [2.45, 2.75) is 40.5 Å². The number of nitrogens with one attached hydrogen (secondary N) is 1. The Morgan fingerprint density at radius 2 is 1.80 bits per heavy atom. The Bertz CT molecular complexity index is 391.